The van der Waals surface area contributed by atoms with Crippen LogP contribution in [0, 0.1) is 0 Å². The molecule has 1 aliphatic rings. The highest BCUT2D eigenvalue weighted by molar-refractivity contribution is 9.10. The summed E-state index contributed by atoms with van der Waals surface area (Å²) in [7, 11) is 0. The molecule has 0 spiro atoms. The van der Waals surface area contributed by atoms with E-state index in [9.17, 15) is 4.79 Å². The van der Waals surface area contributed by atoms with Crippen LogP contribution in [0.25, 0.3) is 0 Å². The van der Waals surface area contributed by atoms with Crippen molar-refractivity contribution in [3.05, 3.63) is 46.7 Å². The molecule has 21 heavy (non-hydrogen) atoms. The average Bonchev–Trinajstić information content (AvgIpc) is 2.72. The number of fused-ring (bicyclic) bond motifs is 1. The third kappa shape index (κ3) is 3.00. The Balaban J connectivity index is 1.79. The lowest BCUT2D eigenvalue weighted by atomic mass is 10.2. The molecule has 0 aliphatic carbocycles. The summed E-state index contributed by atoms with van der Waals surface area (Å²) < 4.78 is 11.9. The van der Waals surface area contributed by atoms with Crippen LogP contribution in [0.4, 0.5) is 5.69 Å². The van der Waals surface area contributed by atoms with Crippen LogP contribution in [0.5, 0.6) is 11.5 Å². The Morgan fingerprint density at radius 2 is 1.95 bits per heavy atom. The van der Waals surface area contributed by atoms with Crippen molar-refractivity contribution in [2.45, 2.75) is 19.6 Å². The second-order valence-electron chi connectivity index (χ2n) is 5.09. The Kier molecular flexibility index (Phi) is 3.33. The number of anilines is 1. The Morgan fingerprint density at radius 1 is 1.19 bits per heavy atom. The van der Waals surface area contributed by atoms with E-state index in [0.717, 1.165) is 0 Å². The molecule has 0 saturated heterocycles. The summed E-state index contributed by atoms with van der Waals surface area (Å²) in [6.45, 7) is 3.67. The van der Waals surface area contributed by atoms with Crippen molar-refractivity contribution in [2.24, 2.45) is 0 Å². The zero-order valence-electron chi connectivity index (χ0n) is 11.5. The lowest BCUT2D eigenvalue weighted by Gasteiger charge is -2.16. The van der Waals surface area contributed by atoms with Gasteiger partial charge in [0.05, 0.1) is 0 Å². The molecule has 3 rings (SSSR count). The van der Waals surface area contributed by atoms with Crippen LogP contribution in [-0.2, 0) is 0 Å². The number of pyridine rings is 1. The van der Waals surface area contributed by atoms with Crippen molar-refractivity contribution < 1.29 is 14.3 Å². The molecule has 1 aromatic carbocycles. The number of rotatable bonds is 2. The van der Waals surface area contributed by atoms with Crippen molar-refractivity contribution in [1.82, 2.24) is 4.98 Å². The van der Waals surface area contributed by atoms with Crippen molar-refractivity contribution in [3.63, 3.8) is 0 Å². The maximum absolute atomic E-state index is 12.2. The molecule has 0 saturated carbocycles. The lowest BCUT2D eigenvalue weighted by Crippen LogP contribution is -2.29. The third-order valence-corrected chi connectivity index (χ3v) is 3.34. The molecule has 1 N–H and O–H groups in total. The summed E-state index contributed by atoms with van der Waals surface area (Å²) in [6.07, 6.45) is 1.57. The van der Waals surface area contributed by atoms with E-state index in [1.54, 1.807) is 36.5 Å². The van der Waals surface area contributed by atoms with Gasteiger partial charge in [0.2, 0.25) is 5.79 Å². The number of nitrogens with zero attached hydrogens (tertiary/aromatic N) is 1. The van der Waals surface area contributed by atoms with Crippen LogP contribution >= 0.6 is 15.9 Å². The van der Waals surface area contributed by atoms with E-state index in [1.807, 2.05) is 13.8 Å². The molecule has 5 nitrogen and oxygen atoms in total. The predicted octanol–water partition coefficient (Wildman–Crippen LogP) is 3.60. The van der Waals surface area contributed by atoms with Gasteiger partial charge < -0.3 is 14.8 Å². The van der Waals surface area contributed by atoms with Crippen molar-refractivity contribution in [1.29, 1.82) is 0 Å². The number of benzene rings is 1. The fraction of sp³-hybridized carbons (Fsp3) is 0.200. The molecule has 0 bridgehead atoms. The highest BCUT2D eigenvalue weighted by atomic mass is 79.9. The minimum atomic E-state index is -0.680. The van der Waals surface area contributed by atoms with E-state index in [2.05, 4.69) is 26.2 Å². The molecule has 0 fully saturated rings. The van der Waals surface area contributed by atoms with Gasteiger partial charge in [0.1, 0.15) is 4.60 Å². The quantitative estimate of drug-likeness (QED) is 0.842. The number of aromatic nitrogens is 1. The van der Waals surface area contributed by atoms with Crippen LogP contribution in [-0.4, -0.2) is 16.7 Å². The lowest BCUT2D eigenvalue weighted by molar-refractivity contribution is -0.0431. The number of ether oxygens (including phenoxy) is 2. The first-order valence-electron chi connectivity index (χ1n) is 6.38. The van der Waals surface area contributed by atoms with Gasteiger partial charge in [-0.1, -0.05) is 0 Å². The number of hydrogen-bond acceptors (Lipinski definition) is 4. The van der Waals surface area contributed by atoms with Gasteiger partial charge in [-0.05, 0) is 40.2 Å². The molecular weight excluding hydrogens is 336 g/mol. The summed E-state index contributed by atoms with van der Waals surface area (Å²) in [5.74, 6) is 0.399. The van der Waals surface area contributed by atoms with Gasteiger partial charge in [0.25, 0.3) is 5.91 Å². The topological polar surface area (TPSA) is 60.5 Å². The maximum atomic E-state index is 12.2. The van der Waals surface area contributed by atoms with E-state index < -0.39 is 5.79 Å². The number of amides is 1. The molecule has 0 atom stereocenters. The van der Waals surface area contributed by atoms with Crippen LogP contribution < -0.4 is 14.8 Å². The van der Waals surface area contributed by atoms with Crippen molar-refractivity contribution in [3.8, 4) is 11.5 Å². The molecule has 108 valence electrons. The Morgan fingerprint density at radius 3 is 2.71 bits per heavy atom. The zero-order valence-corrected chi connectivity index (χ0v) is 13.1. The van der Waals surface area contributed by atoms with Crippen LogP contribution in [0.3, 0.4) is 0 Å². The summed E-state index contributed by atoms with van der Waals surface area (Å²) >= 11 is 3.24. The molecule has 2 heterocycles. The first kappa shape index (κ1) is 13.9. The molecule has 0 radical (unpaired) electrons. The van der Waals surface area contributed by atoms with Gasteiger partial charge >= 0.3 is 0 Å². The van der Waals surface area contributed by atoms with Crippen LogP contribution in [0.15, 0.2) is 41.1 Å². The highest BCUT2D eigenvalue weighted by Gasteiger charge is 2.31. The van der Waals surface area contributed by atoms with Gasteiger partial charge in [-0.15, -0.1) is 0 Å². The van der Waals surface area contributed by atoms with E-state index in [4.69, 9.17) is 9.47 Å². The van der Waals surface area contributed by atoms with E-state index in [0.29, 0.717) is 27.4 Å². The number of carbonyl (C=O) groups excluding carboxylic acids is 1. The predicted molar refractivity (Wildman–Crippen MR) is 81.7 cm³/mol. The third-order valence-electron chi connectivity index (χ3n) is 2.90. The fourth-order valence-corrected chi connectivity index (χ4v) is 2.41. The summed E-state index contributed by atoms with van der Waals surface area (Å²) in [6, 6.07) is 8.61. The first-order chi connectivity index (χ1) is 9.93. The standard InChI is InChI=1S/C15H13BrN2O3/c1-15(2)20-11-4-3-10(8-12(11)21-15)18-14(19)9-5-6-17-13(16)7-9/h3-8H,1-2H3,(H,18,19). The zero-order chi connectivity index (χ0) is 15.0. The van der Waals surface area contributed by atoms with E-state index in [1.165, 1.54) is 0 Å². The van der Waals surface area contributed by atoms with Gasteiger partial charge in [0, 0.05) is 37.4 Å². The molecule has 0 unspecified atom stereocenters. The number of carbonyl (C=O) groups is 1. The molecule has 6 heteroatoms. The highest BCUT2D eigenvalue weighted by Crippen LogP contribution is 2.40. The summed E-state index contributed by atoms with van der Waals surface area (Å²) in [4.78, 5) is 16.2. The number of halogens is 1. The largest absolute Gasteiger partial charge is 0.449 e. The van der Waals surface area contributed by atoms with Gasteiger partial charge in [-0.2, -0.15) is 0 Å². The van der Waals surface area contributed by atoms with Gasteiger partial charge in [-0.3, -0.25) is 4.79 Å². The van der Waals surface area contributed by atoms with E-state index >= 15 is 0 Å². The normalized spacial score (nSPS) is 14.8. The molecule has 2 aromatic rings. The first-order valence-corrected chi connectivity index (χ1v) is 7.17. The minimum Gasteiger partial charge on any atom is -0.449 e. The maximum Gasteiger partial charge on any atom is 0.255 e. The monoisotopic (exact) mass is 348 g/mol. The van der Waals surface area contributed by atoms with Gasteiger partial charge in [0.15, 0.2) is 11.5 Å². The molecule has 1 aliphatic heterocycles. The summed E-state index contributed by atoms with van der Waals surface area (Å²) in [5, 5.41) is 2.82. The van der Waals surface area contributed by atoms with Crippen molar-refractivity contribution >= 4 is 27.5 Å². The molecule has 1 aromatic heterocycles. The van der Waals surface area contributed by atoms with Gasteiger partial charge in [-0.25, -0.2) is 4.98 Å². The average molecular weight is 349 g/mol. The SMILES string of the molecule is CC1(C)Oc2ccc(NC(=O)c3ccnc(Br)c3)cc2O1. The van der Waals surface area contributed by atoms with Crippen LogP contribution in [0.2, 0.25) is 0 Å². The molecular formula is C15H13BrN2O3. The molecule has 1 amide bonds. The Labute approximate surface area is 130 Å². The van der Waals surface area contributed by atoms with Crippen LogP contribution in [0.1, 0.15) is 24.2 Å². The minimum absolute atomic E-state index is 0.212. The van der Waals surface area contributed by atoms with Crippen molar-refractivity contribution in [2.75, 3.05) is 5.32 Å². The Bertz CT molecular complexity index is 716. The number of hydrogen-bond donors (Lipinski definition) is 1. The second kappa shape index (κ2) is 5.04. The number of nitrogens with one attached hydrogen (secondary N) is 1. The fourth-order valence-electron chi connectivity index (χ4n) is 2.05. The Hall–Kier alpha value is -2.08. The van der Waals surface area contributed by atoms with E-state index in [-0.39, 0.29) is 5.91 Å². The second-order valence-corrected chi connectivity index (χ2v) is 5.90. The smallest absolute Gasteiger partial charge is 0.255 e. The summed E-state index contributed by atoms with van der Waals surface area (Å²) in [5.41, 5.74) is 1.17.